The van der Waals surface area contributed by atoms with Crippen molar-refractivity contribution in [3.05, 3.63) is 77.0 Å². The third-order valence-electron chi connectivity index (χ3n) is 6.04. The van der Waals surface area contributed by atoms with Crippen LogP contribution in [0.25, 0.3) is 22.4 Å². The van der Waals surface area contributed by atoms with Gasteiger partial charge in [0, 0.05) is 29.9 Å². The number of ether oxygens (including phenoxy) is 1. The summed E-state index contributed by atoms with van der Waals surface area (Å²) in [7, 11) is 0. The van der Waals surface area contributed by atoms with Gasteiger partial charge in [-0.25, -0.2) is 4.98 Å². The number of carbonyl (C=O) groups excluding carboxylic acids is 2. The van der Waals surface area contributed by atoms with Gasteiger partial charge in [0.15, 0.2) is 0 Å². The number of hydrogen-bond donors (Lipinski definition) is 1. The van der Waals surface area contributed by atoms with Gasteiger partial charge in [0.05, 0.1) is 35.6 Å². The maximum Gasteiger partial charge on any atom is 0.259 e. The van der Waals surface area contributed by atoms with Crippen LogP contribution in [0.15, 0.2) is 59.1 Å². The Morgan fingerprint density at radius 3 is 2.50 bits per heavy atom. The predicted octanol–water partition coefficient (Wildman–Crippen LogP) is 4.23. The second-order valence-corrected chi connectivity index (χ2v) is 8.21. The number of rotatable bonds is 4. The minimum absolute atomic E-state index is 0.0653. The summed E-state index contributed by atoms with van der Waals surface area (Å²) in [5.74, 6) is -0.389. The molecule has 172 valence electrons. The van der Waals surface area contributed by atoms with Crippen molar-refractivity contribution in [2.45, 2.75) is 13.8 Å². The van der Waals surface area contributed by atoms with Crippen molar-refractivity contribution < 1.29 is 18.8 Å². The molecule has 0 aliphatic carbocycles. The fraction of sp³-hybridized carbons (Fsp3) is 0.231. The van der Waals surface area contributed by atoms with E-state index in [1.54, 1.807) is 36.1 Å². The predicted molar refractivity (Wildman–Crippen MR) is 128 cm³/mol. The van der Waals surface area contributed by atoms with Crippen molar-refractivity contribution in [2.24, 2.45) is 0 Å². The van der Waals surface area contributed by atoms with Gasteiger partial charge in [-0.05, 0) is 37.6 Å². The van der Waals surface area contributed by atoms with Gasteiger partial charge < -0.3 is 19.5 Å². The number of benzene rings is 2. The summed E-state index contributed by atoms with van der Waals surface area (Å²) in [6.45, 7) is 5.78. The van der Waals surface area contributed by atoms with E-state index in [2.05, 4.69) is 15.5 Å². The number of morpholine rings is 1. The zero-order chi connectivity index (χ0) is 23.7. The first-order chi connectivity index (χ1) is 16.5. The normalized spacial score (nSPS) is 13.8. The first-order valence-electron chi connectivity index (χ1n) is 11.1. The molecule has 8 nitrogen and oxygen atoms in total. The maximum atomic E-state index is 13.5. The Hall–Kier alpha value is -4.04. The van der Waals surface area contributed by atoms with Gasteiger partial charge in [0.2, 0.25) is 0 Å². The molecule has 8 heteroatoms. The van der Waals surface area contributed by atoms with Crippen LogP contribution < -0.4 is 5.32 Å². The smallest absolute Gasteiger partial charge is 0.259 e. The quantitative estimate of drug-likeness (QED) is 0.494. The lowest BCUT2D eigenvalue weighted by Crippen LogP contribution is -2.41. The Bertz CT molecular complexity index is 1370. The summed E-state index contributed by atoms with van der Waals surface area (Å²) >= 11 is 0. The topological polar surface area (TPSA) is 97.6 Å². The minimum Gasteiger partial charge on any atom is -0.378 e. The van der Waals surface area contributed by atoms with Gasteiger partial charge in [-0.15, -0.1) is 0 Å². The molecule has 0 spiro atoms. The molecule has 34 heavy (non-hydrogen) atoms. The number of anilines is 1. The highest BCUT2D eigenvalue weighted by Gasteiger charge is 2.23. The molecule has 0 unspecified atom stereocenters. The highest BCUT2D eigenvalue weighted by atomic mass is 16.5. The Kier molecular flexibility index (Phi) is 5.81. The number of hydrogen-bond acceptors (Lipinski definition) is 6. The van der Waals surface area contributed by atoms with Crippen LogP contribution in [-0.2, 0) is 4.74 Å². The van der Waals surface area contributed by atoms with E-state index in [0.717, 1.165) is 5.56 Å². The number of nitrogens with one attached hydrogen (secondary N) is 1. The highest BCUT2D eigenvalue weighted by molar-refractivity contribution is 6.13. The van der Waals surface area contributed by atoms with Gasteiger partial charge >= 0.3 is 0 Å². The van der Waals surface area contributed by atoms with E-state index < -0.39 is 0 Å². The third-order valence-corrected chi connectivity index (χ3v) is 6.04. The SMILES string of the molecule is Cc1c(NC(=O)c2cc(-c3ccccc3)nc3onc(C)c23)cccc1C(=O)N1CCOCC1. The summed E-state index contributed by atoms with van der Waals surface area (Å²) < 4.78 is 10.7. The fourth-order valence-electron chi connectivity index (χ4n) is 4.16. The van der Waals surface area contributed by atoms with Crippen LogP contribution >= 0.6 is 0 Å². The number of pyridine rings is 1. The van der Waals surface area contributed by atoms with Crippen LogP contribution in [0.3, 0.4) is 0 Å². The van der Waals surface area contributed by atoms with E-state index in [9.17, 15) is 9.59 Å². The standard InChI is InChI=1S/C26H24N4O4/c1-16-19(26(32)30-11-13-33-14-12-30)9-6-10-21(16)27-24(31)20-15-22(18-7-4-3-5-8-18)28-25-23(20)17(2)29-34-25/h3-10,15H,11-14H2,1-2H3,(H,27,31). The zero-order valence-electron chi connectivity index (χ0n) is 19.0. The molecule has 1 aliphatic heterocycles. The average molecular weight is 457 g/mol. The second-order valence-electron chi connectivity index (χ2n) is 8.21. The van der Waals surface area contributed by atoms with Crippen molar-refractivity contribution in [2.75, 3.05) is 31.6 Å². The molecule has 0 bridgehead atoms. The molecule has 1 fully saturated rings. The van der Waals surface area contributed by atoms with Crippen molar-refractivity contribution in [3.63, 3.8) is 0 Å². The first kappa shape index (κ1) is 21.8. The van der Waals surface area contributed by atoms with Crippen LogP contribution in [0.4, 0.5) is 5.69 Å². The molecule has 3 heterocycles. The zero-order valence-corrected chi connectivity index (χ0v) is 19.0. The summed E-state index contributed by atoms with van der Waals surface area (Å²) in [5, 5.41) is 7.56. The molecule has 1 aliphatic rings. The first-order valence-corrected chi connectivity index (χ1v) is 11.1. The van der Waals surface area contributed by atoms with Crippen LogP contribution in [0.1, 0.15) is 32.0 Å². The molecule has 0 atom stereocenters. The van der Waals surface area contributed by atoms with E-state index in [0.29, 0.717) is 71.2 Å². The van der Waals surface area contributed by atoms with Crippen molar-refractivity contribution in [3.8, 4) is 11.3 Å². The third kappa shape index (κ3) is 4.04. The van der Waals surface area contributed by atoms with Crippen molar-refractivity contribution in [1.82, 2.24) is 15.0 Å². The van der Waals surface area contributed by atoms with E-state index >= 15 is 0 Å². The van der Waals surface area contributed by atoms with Crippen LogP contribution in [0, 0.1) is 13.8 Å². The summed E-state index contributed by atoms with van der Waals surface area (Å²) in [6, 6.07) is 16.7. The summed E-state index contributed by atoms with van der Waals surface area (Å²) in [4.78, 5) is 32.8. The lowest BCUT2D eigenvalue weighted by molar-refractivity contribution is 0.0302. The van der Waals surface area contributed by atoms with Gasteiger partial charge in [0.1, 0.15) is 0 Å². The van der Waals surface area contributed by atoms with Gasteiger partial charge in [-0.3, -0.25) is 9.59 Å². The Morgan fingerprint density at radius 2 is 1.74 bits per heavy atom. The Labute approximate surface area is 196 Å². The number of amides is 2. The van der Waals surface area contributed by atoms with E-state index in [-0.39, 0.29) is 11.8 Å². The number of aryl methyl sites for hydroxylation is 1. The molecule has 1 saturated heterocycles. The molecule has 0 radical (unpaired) electrons. The van der Waals surface area contributed by atoms with E-state index in [1.807, 2.05) is 37.3 Å². The van der Waals surface area contributed by atoms with Gasteiger partial charge in [-0.1, -0.05) is 41.6 Å². The summed E-state index contributed by atoms with van der Waals surface area (Å²) in [5.41, 5.74) is 4.62. The molecule has 4 aromatic rings. The van der Waals surface area contributed by atoms with Crippen LogP contribution in [0.2, 0.25) is 0 Å². The molecular formula is C26H24N4O4. The van der Waals surface area contributed by atoms with Crippen LogP contribution in [-0.4, -0.2) is 53.2 Å². The molecule has 2 amide bonds. The van der Waals surface area contributed by atoms with Crippen LogP contribution in [0.5, 0.6) is 0 Å². The number of nitrogens with zero attached hydrogens (tertiary/aromatic N) is 3. The lowest BCUT2D eigenvalue weighted by atomic mass is 10.0. The van der Waals surface area contributed by atoms with Crippen molar-refractivity contribution in [1.29, 1.82) is 0 Å². The second kappa shape index (κ2) is 9.07. The molecule has 1 N–H and O–H groups in total. The van der Waals surface area contributed by atoms with E-state index in [1.165, 1.54) is 0 Å². The average Bonchev–Trinajstić information content (AvgIpc) is 3.26. The number of carbonyl (C=O) groups is 2. The van der Waals surface area contributed by atoms with Gasteiger partial charge in [0.25, 0.3) is 17.5 Å². The molecule has 2 aromatic carbocycles. The highest BCUT2D eigenvalue weighted by Crippen LogP contribution is 2.28. The maximum absolute atomic E-state index is 13.5. The summed E-state index contributed by atoms with van der Waals surface area (Å²) in [6.07, 6.45) is 0. The molecule has 0 saturated carbocycles. The minimum atomic E-state index is -0.324. The lowest BCUT2D eigenvalue weighted by Gasteiger charge is -2.27. The molecular weight excluding hydrogens is 432 g/mol. The largest absolute Gasteiger partial charge is 0.378 e. The van der Waals surface area contributed by atoms with E-state index in [4.69, 9.17) is 9.26 Å². The Balaban J connectivity index is 1.50. The Morgan fingerprint density at radius 1 is 0.971 bits per heavy atom. The fourth-order valence-corrected chi connectivity index (χ4v) is 4.16. The monoisotopic (exact) mass is 456 g/mol. The van der Waals surface area contributed by atoms with Crippen molar-refractivity contribution >= 4 is 28.6 Å². The molecule has 2 aromatic heterocycles. The number of fused-ring (bicyclic) bond motifs is 1. The van der Waals surface area contributed by atoms with Gasteiger partial charge in [-0.2, -0.15) is 0 Å². The molecule has 5 rings (SSSR count). The number of aromatic nitrogens is 2.